The highest BCUT2D eigenvalue weighted by Gasteiger charge is 2.20. The lowest BCUT2D eigenvalue weighted by atomic mass is 9.96. The molecule has 0 aliphatic carbocycles. The van der Waals surface area contributed by atoms with Crippen LogP contribution in [0.25, 0.3) is 0 Å². The zero-order valence-electron chi connectivity index (χ0n) is 13.8. The van der Waals surface area contributed by atoms with E-state index in [0.717, 1.165) is 5.56 Å². The van der Waals surface area contributed by atoms with Crippen LogP contribution >= 0.6 is 0 Å². The van der Waals surface area contributed by atoms with Crippen LogP contribution in [0.4, 0.5) is 10.1 Å². The first-order valence-electron chi connectivity index (χ1n) is 7.88. The largest absolute Gasteiger partial charge is 0.332 e. The van der Waals surface area contributed by atoms with Crippen molar-refractivity contribution in [3.63, 3.8) is 0 Å². The summed E-state index contributed by atoms with van der Waals surface area (Å²) in [5, 5.41) is 13.6. The van der Waals surface area contributed by atoms with Crippen molar-refractivity contribution < 1.29 is 14.5 Å². The zero-order chi connectivity index (χ0) is 17.5. The third-order valence-corrected chi connectivity index (χ3v) is 3.81. The Morgan fingerprint density at radius 3 is 2.58 bits per heavy atom. The maximum absolute atomic E-state index is 13.1. The minimum Gasteiger partial charge on any atom is -0.332 e. The van der Waals surface area contributed by atoms with Crippen LogP contribution in [-0.2, 0) is 4.79 Å². The fourth-order valence-corrected chi connectivity index (χ4v) is 2.59. The van der Waals surface area contributed by atoms with E-state index < -0.39 is 0 Å². The minimum atomic E-state index is -0.267. The topological polar surface area (TPSA) is 69.5 Å². The van der Waals surface area contributed by atoms with Crippen LogP contribution in [0.15, 0.2) is 48.5 Å². The Labute approximate surface area is 141 Å². The van der Waals surface area contributed by atoms with Gasteiger partial charge in [0.25, 0.3) is 5.91 Å². The maximum atomic E-state index is 13.1. The van der Waals surface area contributed by atoms with Crippen LogP contribution in [0.5, 0.6) is 0 Å². The lowest BCUT2D eigenvalue weighted by Gasteiger charge is -2.19. The average Bonchev–Trinajstić information content (AvgIpc) is 2.56. The van der Waals surface area contributed by atoms with E-state index in [0.29, 0.717) is 17.2 Å². The van der Waals surface area contributed by atoms with Gasteiger partial charge in [-0.25, -0.2) is 4.39 Å². The number of nitrogens with two attached hydrogens (primary N) is 1. The van der Waals surface area contributed by atoms with Crippen molar-refractivity contribution >= 4 is 11.6 Å². The van der Waals surface area contributed by atoms with Crippen LogP contribution in [-0.4, -0.2) is 12.5 Å². The van der Waals surface area contributed by atoms with Gasteiger partial charge in [-0.2, -0.15) is 5.26 Å². The Hall–Kier alpha value is -2.71. The van der Waals surface area contributed by atoms with Gasteiger partial charge in [0.1, 0.15) is 11.9 Å². The number of quaternary nitrogens is 1. The van der Waals surface area contributed by atoms with E-state index >= 15 is 0 Å². The molecule has 0 saturated heterocycles. The summed E-state index contributed by atoms with van der Waals surface area (Å²) in [6, 6.07) is 15.3. The van der Waals surface area contributed by atoms with E-state index in [-0.39, 0.29) is 24.3 Å². The SMILES string of the molecule is CC(C)[C@H]([NH2+]CC(=O)Nc1cccc(C#N)c1)c1ccc(F)cc1. The molecule has 0 heterocycles. The third-order valence-electron chi connectivity index (χ3n) is 3.81. The normalized spacial score (nSPS) is 11.8. The number of hydrogen-bond donors (Lipinski definition) is 2. The molecule has 0 bridgehead atoms. The van der Waals surface area contributed by atoms with Crippen LogP contribution in [0.1, 0.15) is 31.0 Å². The molecule has 1 amide bonds. The molecular formula is C19H21FN3O+. The van der Waals surface area contributed by atoms with Crippen molar-refractivity contribution in [3.05, 3.63) is 65.5 Å². The Morgan fingerprint density at radius 1 is 1.25 bits per heavy atom. The minimum absolute atomic E-state index is 0.0711. The fraction of sp³-hybridized carbons (Fsp3) is 0.263. The van der Waals surface area contributed by atoms with Crippen molar-refractivity contribution in [2.45, 2.75) is 19.9 Å². The van der Waals surface area contributed by atoms with Crippen molar-refractivity contribution in [3.8, 4) is 6.07 Å². The molecule has 2 aromatic carbocycles. The number of amides is 1. The third kappa shape index (κ3) is 4.90. The standard InChI is InChI=1S/C19H20FN3O/c1-13(2)19(15-6-8-16(20)9-7-15)22-12-18(24)23-17-5-3-4-14(10-17)11-21/h3-10,13,19,22H,12H2,1-2H3,(H,23,24)/p+1/t19-/m0/s1. The number of benzene rings is 2. The van der Waals surface area contributed by atoms with Crippen LogP contribution < -0.4 is 10.6 Å². The van der Waals surface area contributed by atoms with Gasteiger partial charge >= 0.3 is 0 Å². The summed E-state index contributed by atoms with van der Waals surface area (Å²) in [5.74, 6) is -0.112. The molecule has 0 fully saturated rings. The smallest absolute Gasteiger partial charge is 0.279 e. The summed E-state index contributed by atoms with van der Waals surface area (Å²) in [6.45, 7) is 4.38. The summed E-state index contributed by atoms with van der Waals surface area (Å²) in [7, 11) is 0. The van der Waals surface area contributed by atoms with E-state index in [2.05, 4.69) is 19.2 Å². The second-order valence-electron chi connectivity index (χ2n) is 6.00. The lowest BCUT2D eigenvalue weighted by molar-refractivity contribution is -0.692. The first-order valence-corrected chi connectivity index (χ1v) is 7.88. The monoisotopic (exact) mass is 326 g/mol. The number of nitrogens with zero attached hydrogens (tertiary/aromatic N) is 1. The molecule has 1 atom stereocenters. The Kier molecular flexibility index (Phi) is 6.05. The highest BCUT2D eigenvalue weighted by molar-refractivity contribution is 5.91. The summed E-state index contributed by atoms with van der Waals surface area (Å²) in [4.78, 5) is 12.1. The Bertz CT molecular complexity index is 735. The van der Waals surface area contributed by atoms with Gasteiger partial charge in [0.15, 0.2) is 6.54 Å². The quantitative estimate of drug-likeness (QED) is 0.856. The number of anilines is 1. The number of rotatable bonds is 6. The molecule has 0 aromatic heterocycles. The second kappa shape index (κ2) is 8.23. The number of carbonyl (C=O) groups excluding carboxylic acids is 1. The molecule has 4 nitrogen and oxygen atoms in total. The summed E-state index contributed by atoms with van der Waals surface area (Å²) < 4.78 is 13.1. The summed E-state index contributed by atoms with van der Waals surface area (Å²) in [5.41, 5.74) is 2.10. The molecule has 2 rings (SSSR count). The first kappa shape index (κ1) is 17.6. The van der Waals surface area contributed by atoms with Crippen LogP contribution in [0, 0.1) is 23.1 Å². The van der Waals surface area contributed by atoms with Gasteiger partial charge in [-0.05, 0) is 30.3 Å². The predicted molar refractivity (Wildman–Crippen MR) is 90.6 cm³/mol. The van der Waals surface area contributed by atoms with E-state index in [1.807, 2.05) is 11.4 Å². The number of carbonyl (C=O) groups is 1. The summed E-state index contributed by atoms with van der Waals surface area (Å²) >= 11 is 0. The average molecular weight is 326 g/mol. The van der Waals surface area contributed by atoms with Gasteiger partial charge in [-0.1, -0.05) is 32.0 Å². The highest BCUT2D eigenvalue weighted by Crippen LogP contribution is 2.17. The van der Waals surface area contributed by atoms with Crippen LogP contribution in [0.3, 0.4) is 0 Å². The van der Waals surface area contributed by atoms with E-state index in [1.54, 1.807) is 36.4 Å². The predicted octanol–water partition coefficient (Wildman–Crippen LogP) is 2.60. The number of hydrogen-bond acceptors (Lipinski definition) is 2. The Balaban J connectivity index is 1.97. The zero-order valence-corrected chi connectivity index (χ0v) is 13.8. The molecule has 0 spiro atoms. The van der Waals surface area contributed by atoms with Gasteiger partial charge in [0.05, 0.1) is 11.6 Å². The number of halogens is 1. The van der Waals surface area contributed by atoms with Gasteiger partial charge in [-0.15, -0.1) is 0 Å². The van der Waals surface area contributed by atoms with Gasteiger partial charge < -0.3 is 10.6 Å². The molecule has 5 heteroatoms. The number of nitrogens with one attached hydrogen (secondary N) is 1. The maximum Gasteiger partial charge on any atom is 0.279 e. The second-order valence-corrected chi connectivity index (χ2v) is 6.00. The van der Waals surface area contributed by atoms with E-state index in [4.69, 9.17) is 5.26 Å². The first-order chi connectivity index (χ1) is 11.5. The van der Waals surface area contributed by atoms with Gasteiger partial charge in [-0.3, -0.25) is 4.79 Å². The molecule has 0 unspecified atom stereocenters. The molecule has 0 aliphatic heterocycles. The van der Waals surface area contributed by atoms with Crippen molar-refractivity contribution in [2.24, 2.45) is 5.92 Å². The van der Waals surface area contributed by atoms with Crippen molar-refractivity contribution in [1.29, 1.82) is 5.26 Å². The Morgan fingerprint density at radius 2 is 1.96 bits per heavy atom. The van der Waals surface area contributed by atoms with E-state index in [1.165, 1.54) is 12.1 Å². The van der Waals surface area contributed by atoms with E-state index in [9.17, 15) is 9.18 Å². The molecule has 0 radical (unpaired) electrons. The van der Waals surface area contributed by atoms with Gasteiger partial charge in [0.2, 0.25) is 0 Å². The lowest BCUT2D eigenvalue weighted by Crippen LogP contribution is -2.88. The highest BCUT2D eigenvalue weighted by atomic mass is 19.1. The molecular weight excluding hydrogens is 305 g/mol. The van der Waals surface area contributed by atoms with Gasteiger partial charge in [0, 0.05) is 17.2 Å². The molecule has 3 N–H and O–H groups in total. The fourth-order valence-electron chi connectivity index (χ4n) is 2.59. The molecule has 0 aliphatic rings. The van der Waals surface area contributed by atoms with Crippen LogP contribution in [0.2, 0.25) is 0 Å². The molecule has 24 heavy (non-hydrogen) atoms. The van der Waals surface area contributed by atoms with Crippen molar-refractivity contribution in [1.82, 2.24) is 0 Å². The number of nitriles is 1. The molecule has 0 saturated carbocycles. The molecule has 2 aromatic rings. The molecule has 124 valence electrons. The summed E-state index contributed by atoms with van der Waals surface area (Å²) in [6.07, 6.45) is 0. The van der Waals surface area contributed by atoms with Crippen molar-refractivity contribution in [2.75, 3.05) is 11.9 Å².